The van der Waals surface area contributed by atoms with Gasteiger partial charge < -0.3 is 15.4 Å². The van der Waals surface area contributed by atoms with Gasteiger partial charge in [0.25, 0.3) is 0 Å². The van der Waals surface area contributed by atoms with E-state index in [1.165, 1.54) is 30.5 Å². The van der Waals surface area contributed by atoms with Crippen molar-refractivity contribution in [1.82, 2.24) is 0 Å². The van der Waals surface area contributed by atoms with E-state index < -0.39 is 0 Å². The molecule has 2 N–H and O–H groups in total. The Morgan fingerprint density at radius 3 is 3.10 bits per heavy atom. The molecule has 0 aromatic heterocycles. The standard InChI is InChI=1S/C16H23ClN2O/c1-11(18)10-12-13(17)4-2-5-14(12)19-8-9-20-16-7-3-6-15(16)19/h2,4-5,11,15-16H,3,6-10,18H2,1H3. The lowest BCUT2D eigenvalue weighted by Crippen LogP contribution is -2.49. The molecule has 0 amide bonds. The Morgan fingerprint density at radius 1 is 1.45 bits per heavy atom. The van der Waals surface area contributed by atoms with E-state index in [4.69, 9.17) is 22.1 Å². The van der Waals surface area contributed by atoms with Crippen molar-refractivity contribution in [3.8, 4) is 0 Å². The lowest BCUT2D eigenvalue weighted by Gasteiger charge is -2.40. The average Bonchev–Trinajstić information content (AvgIpc) is 2.89. The minimum atomic E-state index is 0.120. The molecular formula is C16H23ClN2O. The third-order valence-corrected chi connectivity index (χ3v) is 4.77. The largest absolute Gasteiger partial charge is 0.374 e. The first-order valence-corrected chi connectivity index (χ1v) is 7.96. The zero-order valence-corrected chi connectivity index (χ0v) is 12.8. The van der Waals surface area contributed by atoms with Gasteiger partial charge in [-0.1, -0.05) is 17.7 Å². The molecule has 3 nitrogen and oxygen atoms in total. The van der Waals surface area contributed by atoms with Crippen molar-refractivity contribution in [2.75, 3.05) is 18.1 Å². The first-order valence-electron chi connectivity index (χ1n) is 7.58. The van der Waals surface area contributed by atoms with E-state index in [-0.39, 0.29) is 6.04 Å². The van der Waals surface area contributed by atoms with Gasteiger partial charge in [0.15, 0.2) is 0 Å². The fourth-order valence-electron chi connectivity index (χ4n) is 3.57. The predicted octanol–water partition coefficient (Wildman–Crippen LogP) is 2.99. The Morgan fingerprint density at radius 2 is 2.30 bits per heavy atom. The molecule has 0 radical (unpaired) electrons. The number of benzene rings is 1. The van der Waals surface area contributed by atoms with Crippen LogP contribution in [0.4, 0.5) is 5.69 Å². The SMILES string of the molecule is CC(N)Cc1c(Cl)cccc1N1CCOC2CCCC21. The van der Waals surface area contributed by atoms with Crippen molar-refractivity contribution in [2.45, 2.75) is 50.8 Å². The molecule has 0 spiro atoms. The number of ether oxygens (including phenoxy) is 1. The van der Waals surface area contributed by atoms with Crippen molar-refractivity contribution in [1.29, 1.82) is 0 Å². The van der Waals surface area contributed by atoms with Gasteiger partial charge in [0.05, 0.1) is 18.8 Å². The van der Waals surface area contributed by atoms with Gasteiger partial charge in [-0.2, -0.15) is 0 Å². The second kappa shape index (κ2) is 5.92. The molecule has 3 rings (SSSR count). The summed E-state index contributed by atoms with van der Waals surface area (Å²) in [4.78, 5) is 2.50. The minimum absolute atomic E-state index is 0.120. The lowest BCUT2D eigenvalue weighted by atomic mass is 10.0. The smallest absolute Gasteiger partial charge is 0.0779 e. The fourth-order valence-corrected chi connectivity index (χ4v) is 3.81. The second-order valence-corrected chi connectivity index (χ2v) is 6.43. The molecular weight excluding hydrogens is 272 g/mol. The summed E-state index contributed by atoms with van der Waals surface area (Å²) in [5.41, 5.74) is 8.45. The van der Waals surface area contributed by atoms with Gasteiger partial charge in [0.1, 0.15) is 0 Å². The number of nitrogens with zero attached hydrogens (tertiary/aromatic N) is 1. The van der Waals surface area contributed by atoms with Crippen LogP contribution in [0.5, 0.6) is 0 Å². The van der Waals surface area contributed by atoms with Crippen LogP contribution >= 0.6 is 11.6 Å². The summed E-state index contributed by atoms with van der Waals surface area (Å²) < 4.78 is 5.91. The van der Waals surface area contributed by atoms with Gasteiger partial charge in [-0.15, -0.1) is 0 Å². The Labute approximate surface area is 126 Å². The van der Waals surface area contributed by atoms with E-state index in [1.54, 1.807) is 0 Å². The number of morpholine rings is 1. The summed E-state index contributed by atoms with van der Waals surface area (Å²) in [6.45, 7) is 3.80. The third-order valence-electron chi connectivity index (χ3n) is 4.41. The van der Waals surface area contributed by atoms with Crippen LogP contribution in [-0.4, -0.2) is 31.3 Å². The number of halogens is 1. The predicted molar refractivity (Wildman–Crippen MR) is 83.5 cm³/mol. The van der Waals surface area contributed by atoms with Crippen LogP contribution in [0.3, 0.4) is 0 Å². The highest BCUT2D eigenvalue weighted by molar-refractivity contribution is 6.31. The van der Waals surface area contributed by atoms with E-state index in [2.05, 4.69) is 11.0 Å². The zero-order valence-electron chi connectivity index (χ0n) is 12.0. The van der Waals surface area contributed by atoms with Gasteiger partial charge in [0, 0.05) is 23.3 Å². The number of nitrogens with two attached hydrogens (primary N) is 1. The third kappa shape index (κ3) is 2.67. The molecule has 2 fully saturated rings. The number of anilines is 1. The Balaban J connectivity index is 1.94. The quantitative estimate of drug-likeness (QED) is 0.931. The van der Waals surface area contributed by atoms with Crippen LogP contribution in [0, 0.1) is 0 Å². The summed E-state index contributed by atoms with van der Waals surface area (Å²) >= 11 is 6.42. The van der Waals surface area contributed by atoms with Crippen molar-refractivity contribution in [3.05, 3.63) is 28.8 Å². The van der Waals surface area contributed by atoms with Crippen LogP contribution in [0.1, 0.15) is 31.7 Å². The van der Waals surface area contributed by atoms with Gasteiger partial charge >= 0.3 is 0 Å². The number of fused-ring (bicyclic) bond motifs is 1. The van der Waals surface area contributed by atoms with Crippen LogP contribution in [-0.2, 0) is 11.2 Å². The molecule has 3 unspecified atom stereocenters. The van der Waals surface area contributed by atoms with E-state index in [9.17, 15) is 0 Å². The monoisotopic (exact) mass is 294 g/mol. The molecule has 110 valence electrons. The summed E-state index contributed by atoms with van der Waals surface area (Å²) in [7, 11) is 0. The Hall–Kier alpha value is -0.770. The van der Waals surface area contributed by atoms with Crippen LogP contribution in [0.25, 0.3) is 0 Å². The van der Waals surface area contributed by atoms with Gasteiger partial charge in [-0.05, 0) is 50.3 Å². The average molecular weight is 295 g/mol. The molecule has 1 aliphatic heterocycles. The van der Waals surface area contributed by atoms with Crippen molar-refractivity contribution < 1.29 is 4.74 Å². The van der Waals surface area contributed by atoms with E-state index in [0.29, 0.717) is 12.1 Å². The minimum Gasteiger partial charge on any atom is -0.374 e. The molecule has 20 heavy (non-hydrogen) atoms. The normalized spacial score (nSPS) is 27.4. The first-order chi connectivity index (χ1) is 9.66. The summed E-state index contributed by atoms with van der Waals surface area (Å²) in [6.07, 6.45) is 4.88. The van der Waals surface area contributed by atoms with Crippen molar-refractivity contribution in [3.63, 3.8) is 0 Å². The summed E-state index contributed by atoms with van der Waals surface area (Å²) in [6, 6.07) is 6.82. The highest BCUT2D eigenvalue weighted by Gasteiger charge is 2.37. The van der Waals surface area contributed by atoms with Crippen molar-refractivity contribution >= 4 is 17.3 Å². The lowest BCUT2D eigenvalue weighted by molar-refractivity contribution is 0.0256. The topological polar surface area (TPSA) is 38.5 Å². The molecule has 2 aliphatic rings. The fraction of sp³-hybridized carbons (Fsp3) is 0.625. The van der Waals surface area contributed by atoms with Crippen LogP contribution in [0.15, 0.2) is 18.2 Å². The number of hydrogen-bond acceptors (Lipinski definition) is 3. The maximum atomic E-state index is 6.42. The number of rotatable bonds is 3. The first kappa shape index (κ1) is 14.2. The molecule has 4 heteroatoms. The van der Waals surface area contributed by atoms with Crippen molar-refractivity contribution in [2.24, 2.45) is 5.73 Å². The molecule has 1 heterocycles. The zero-order chi connectivity index (χ0) is 14.1. The van der Waals surface area contributed by atoms with Gasteiger partial charge in [-0.3, -0.25) is 0 Å². The van der Waals surface area contributed by atoms with Crippen LogP contribution < -0.4 is 10.6 Å². The summed E-state index contributed by atoms with van der Waals surface area (Å²) in [5.74, 6) is 0. The van der Waals surface area contributed by atoms with Crippen LogP contribution in [0.2, 0.25) is 5.02 Å². The summed E-state index contributed by atoms with van der Waals surface area (Å²) in [5, 5.41) is 0.834. The molecule has 1 aromatic rings. The highest BCUT2D eigenvalue weighted by atomic mass is 35.5. The van der Waals surface area contributed by atoms with Gasteiger partial charge in [-0.25, -0.2) is 0 Å². The highest BCUT2D eigenvalue weighted by Crippen LogP contribution is 2.36. The number of hydrogen-bond donors (Lipinski definition) is 1. The second-order valence-electron chi connectivity index (χ2n) is 6.02. The maximum absolute atomic E-state index is 6.42. The molecule has 1 saturated carbocycles. The van der Waals surface area contributed by atoms with Gasteiger partial charge in [0.2, 0.25) is 0 Å². The molecule has 0 bridgehead atoms. The van der Waals surface area contributed by atoms with E-state index in [0.717, 1.165) is 24.6 Å². The molecule has 1 saturated heterocycles. The van der Waals surface area contributed by atoms with E-state index >= 15 is 0 Å². The molecule has 1 aliphatic carbocycles. The molecule has 3 atom stereocenters. The maximum Gasteiger partial charge on any atom is 0.0779 e. The Bertz CT molecular complexity index is 478. The molecule has 1 aromatic carbocycles. The van der Waals surface area contributed by atoms with E-state index in [1.807, 2.05) is 19.1 Å². The Kier molecular flexibility index (Phi) is 4.20.